The minimum atomic E-state index is 0.543. The lowest BCUT2D eigenvalue weighted by Crippen LogP contribution is -2.10. The largest absolute Gasteiger partial charge is 0.454 e. The number of pyridine rings is 1. The lowest BCUT2D eigenvalue weighted by atomic mass is 10.0. The number of aromatic nitrogens is 2. The number of furan rings is 1. The van der Waals surface area contributed by atoms with Crippen LogP contribution in [0.25, 0.3) is 77.6 Å². The van der Waals surface area contributed by atoms with Crippen LogP contribution >= 0.6 is 0 Å². The van der Waals surface area contributed by atoms with Crippen LogP contribution in [0.3, 0.4) is 0 Å². The second-order valence-electron chi connectivity index (χ2n) is 12.7. The molecule has 7 aromatic carbocycles. The fourth-order valence-electron chi connectivity index (χ4n) is 7.04. The van der Waals surface area contributed by atoms with Crippen LogP contribution in [0.15, 0.2) is 185 Å². The van der Waals surface area contributed by atoms with Crippen LogP contribution in [0.4, 0.5) is 17.1 Å². The summed E-state index contributed by atoms with van der Waals surface area (Å²) in [5.74, 6) is 0.543. The smallest absolute Gasteiger partial charge is 0.228 e. The van der Waals surface area contributed by atoms with E-state index >= 15 is 0 Å². The molecule has 0 aliphatic rings. The second-order valence-corrected chi connectivity index (χ2v) is 12.7. The zero-order valence-corrected chi connectivity index (χ0v) is 27.4. The number of nitrogens with zero attached hydrogens (tertiary/aromatic N) is 3. The Morgan fingerprint density at radius 2 is 1.14 bits per heavy atom. The molecule has 240 valence electrons. The lowest BCUT2D eigenvalue weighted by Gasteiger charge is -2.26. The molecule has 10 rings (SSSR count). The van der Waals surface area contributed by atoms with Crippen LogP contribution in [-0.4, -0.2) is 9.97 Å². The van der Waals surface area contributed by atoms with Crippen molar-refractivity contribution in [3.05, 3.63) is 176 Å². The van der Waals surface area contributed by atoms with Crippen molar-refractivity contribution in [3.8, 4) is 33.7 Å². The molecule has 0 bridgehead atoms. The molecule has 0 saturated heterocycles. The van der Waals surface area contributed by atoms with E-state index in [1.165, 1.54) is 16.3 Å². The van der Waals surface area contributed by atoms with Crippen LogP contribution in [-0.2, 0) is 0 Å². The van der Waals surface area contributed by atoms with Gasteiger partial charge < -0.3 is 13.7 Å². The molecule has 0 amide bonds. The molecule has 0 spiro atoms. The van der Waals surface area contributed by atoms with Crippen LogP contribution in [0.1, 0.15) is 0 Å². The van der Waals surface area contributed by atoms with Gasteiger partial charge in [0.05, 0.1) is 22.8 Å². The molecular weight excluding hydrogens is 627 g/mol. The molecule has 0 aliphatic heterocycles. The van der Waals surface area contributed by atoms with E-state index < -0.39 is 0 Å². The molecule has 5 heteroatoms. The molecule has 3 heterocycles. The highest BCUT2D eigenvalue weighted by Gasteiger charge is 2.20. The predicted octanol–water partition coefficient (Wildman–Crippen LogP) is 12.7. The van der Waals surface area contributed by atoms with Gasteiger partial charge in [0.1, 0.15) is 16.6 Å². The van der Waals surface area contributed by atoms with Crippen LogP contribution < -0.4 is 4.90 Å². The average molecular weight is 656 g/mol. The molecule has 51 heavy (non-hydrogen) atoms. The monoisotopic (exact) mass is 655 g/mol. The third-order valence-electron chi connectivity index (χ3n) is 9.52. The number of benzene rings is 7. The molecule has 5 nitrogen and oxygen atoms in total. The number of rotatable bonds is 6. The van der Waals surface area contributed by atoms with Gasteiger partial charge in [0.25, 0.3) is 0 Å². The van der Waals surface area contributed by atoms with Gasteiger partial charge in [-0.25, -0.2) is 9.97 Å². The molecule has 0 atom stereocenters. The molecule has 0 saturated carbocycles. The molecule has 3 aromatic heterocycles. The van der Waals surface area contributed by atoms with E-state index in [4.69, 9.17) is 18.8 Å². The van der Waals surface area contributed by atoms with E-state index in [1.807, 2.05) is 54.7 Å². The standard InChI is InChI=1S/C46H29N3O2/c1-2-10-30(11-3-1)34-14-8-15-37(27-34)49(36-24-22-32(23-25-36)35-21-20-31-12-4-5-13-33(31)26-35)38-28-43-45(47-29-38)44-39(16-9-19-42(44)50-43)46-48-40-17-6-7-18-41(40)51-46/h1-29H. The molecule has 0 N–H and O–H groups in total. The number of para-hydroxylation sites is 2. The highest BCUT2D eigenvalue weighted by molar-refractivity contribution is 6.10. The topological polar surface area (TPSA) is 55.3 Å². The van der Waals surface area contributed by atoms with E-state index in [0.717, 1.165) is 66.9 Å². The Morgan fingerprint density at radius 3 is 2.02 bits per heavy atom. The number of hydrogen-bond donors (Lipinski definition) is 0. The molecule has 0 unspecified atom stereocenters. The van der Waals surface area contributed by atoms with Crippen molar-refractivity contribution in [1.82, 2.24) is 9.97 Å². The zero-order valence-electron chi connectivity index (χ0n) is 27.4. The summed E-state index contributed by atoms with van der Waals surface area (Å²) in [6.07, 6.45) is 1.92. The van der Waals surface area contributed by atoms with Gasteiger partial charge in [-0.2, -0.15) is 0 Å². The Hall–Kier alpha value is -6.98. The molecule has 0 radical (unpaired) electrons. The minimum Gasteiger partial charge on any atom is -0.454 e. The zero-order chi connectivity index (χ0) is 33.7. The summed E-state index contributed by atoms with van der Waals surface area (Å²) in [6, 6.07) is 58.7. The van der Waals surface area contributed by atoms with Crippen LogP contribution in [0, 0.1) is 0 Å². The van der Waals surface area contributed by atoms with Gasteiger partial charge in [-0.15, -0.1) is 0 Å². The van der Waals surface area contributed by atoms with Crippen molar-refractivity contribution in [3.63, 3.8) is 0 Å². The summed E-state index contributed by atoms with van der Waals surface area (Å²) >= 11 is 0. The molecule has 0 aliphatic carbocycles. The van der Waals surface area contributed by atoms with Gasteiger partial charge >= 0.3 is 0 Å². The van der Waals surface area contributed by atoms with Crippen LogP contribution in [0.5, 0.6) is 0 Å². The average Bonchev–Trinajstić information content (AvgIpc) is 3.80. The number of hydrogen-bond acceptors (Lipinski definition) is 5. The number of anilines is 3. The second kappa shape index (κ2) is 11.9. The first-order valence-electron chi connectivity index (χ1n) is 17.0. The Balaban J connectivity index is 1.10. The van der Waals surface area contributed by atoms with Crippen molar-refractivity contribution >= 4 is 61.0 Å². The summed E-state index contributed by atoms with van der Waals surface area (Å²) in [5.41, 5.74) is 12.1. The summed E-state index contributed by atoms with van der Waals surface area (Å²) in [7, 11) is 0. The van der Waals surface area contributed by atoms with Crippen molar-refractivity contribution in [2.24, 2.45) is 0 Å². The van der Waals surface area contributed by atoms with Gasteiger partial charge in [-0.3, -0.25) is 0 Å². The fourth-order valence-corrected chi connectivity index (χ4v) is 7.04. The highest BCUT2D eigenvalue weighted by Crippen LogP contribution is 2.41. The molecule has 0 fully saturated rings. The van der Waals surface area contributed by atoms with Gasteiger partial charge in [0.15, 0.2) is 11.2 Å². The van der Waals surface area contributed by atoms with E-state index in [0.29, 0.717) is 11.5 Å². The lowest BCUT2D eigenvalue weighted by molar-refractivity contribution is 0.620. The van der Waals surface area contributed by atoms with E-state index in [9.17, 15) is 0 Å². The Labute approximate surface area is 293 Å². The quantitative estimate of drug-likeness (QED) is 0.178. The maximum atomic E-state index is 6.50. The summed E-state index contributed by atoms with van der Waals surface area (Å²) in [4.78, 5) is 12.1. The first-order valence-corrected chi connectivity index (χ1v) is 17.0. The van der Waals surface area contributed by atoms with Crippen molar-refractivity contribution in [1.29, 1.82) is 0 Å². The maximum absolute atomic E-state index is 6.50. The van der Waals surface area contributed by atoms with E-state index in [1.54, 1.807) is 0 Å². The SMILES string of the molecule is c1ccc(-c2cccc(N(c3ccc(-c4ccc5ccccc5c4)cc3)c3cnc4c(c3)oc3cccc(-c5nc6ccccc6o5)c34)c2)cc1. The third-order valence-corrected chi connectivity index (χ3v) is 9.52. The Morgan fingerprint density at radius 1 is 0.431 bits per heavy atom. The van der Waals surface area contributed by atoms with Crippen LogP contribution in [0.2, 0.25) is 0 Å². The number of oxazole rings is 1. The predicted molar refractivity (Wildman–Crippen MR) is 208 cm³/mol. The summed E-state index contributed by atoms with van der Waals surface area (Å²) < 4.78 is 12.7. The molecule has 10 aromatic rings. The minimum absolute atomic E-state index is 0.543. The summed E-state index contributed by atoms with van der Waals surface area (Å²) in [6.45, 7) is 0. The Kier molecular flexibility index (Phi) is 6.74. The van der Waals surface area contributed by atoms with Gasteiger partial charge in [0.2, 0.25) is 5.89 Å². The van der Waals surface area contributed by atoms with Crippen molar-refractivity contribution < 1.29 is 8.83 Å². The third kappa shape index (κ3) is 5.11. The summed E-state index contributed by atoms with van der Waals surface area (Å²) in [5, 5.41) is 3.34. The fraction of sp³-hybridized carbons (Fsp3) is 0. The number of fused-ring (bicyclic) bond motifs is 5. The highest BCUT2D eigenvalue weighted by atomic mass is 16.3. The molecular formula is C46H29N3O2. The maximum Gasteiger partial charge on any atom is 0.228 e. The first kappa shape index (κ1) is 29.0. The van der Waals surface area contributed by atoms with E-state index in [-0.39, 0.29) is 0 Å². The normalized spacial score (nSPS) is 11.5. The van der Waals surface area contributed by atoms with Crippen molar-refractivity contribution in [2.75, 3.05) is 4.90 Å². The van der Waals surface area contributed by atoms with Gasteiger partial charge in [0, 0.05) is 17.4 Å². The van der Waals surface area contributed by atoms with Crippen molar-refractivity contribution in [2.45, 2.75) is 0 Å². The Bertz CT molecular complexity index is 2840. The first-order chi connectivity index (χ1) is 25.2. The van der Waals surface area contributed by atoms with Gasteiger partial charge in [-0.05, 0) is 87.6 Å². The van der Waals surface area contributed by atoms with Gasteiger partial charge in [-0.1, -0.05) is 109 Å². The van der Waals surface area contributed by atoms with E-state index in [2.05, 4.69) is 126 Å².